The molecule has 2 rings (SSSR count). The molecule has 4 nitrogen and oxygen atoms in total. The van der Waals surface area contributed by atoms with E-state index in [9.17, 15) is 9.90 Å². The number of phenolic OH excluding ortho intramolecular Hbond substituents is 1. The molecule has 1 N–H and O–H groups in total. The van der Waals surface area contributed by atoms with Gasteiger partial charge in [-0.25, -0.2) is 4.79 Å². The molecule has 1 aliphatic rings. The zero-order valence-corrected chi connectivity index (χ0v) is 11.7. The molecule has 0 spiro atoms. The minimum Gasteiger partial charge on any atom is -0.508 e. The second-order valence-corrected chi connectivity index (χ2v) is 6.08. The number of rotatable bonds is 2. The predicted octanol–water partition coefficient (Wildman–Crippen LogP) is 2.80. The molecule has 1 aromatic carbocycles. The third-order valence-corrected chi connectivity index (χ3v) is 3.11. The number of hydrogen-bond donors (Lipinski definition) is 1. The molecule has 1 heterocycles. The van der Waals surface area contributed by atoms with E-state index in [-0.39, 0.29) is 6.09 Å². The summed E-state index contributed by atoms with van der Waals surface area (Å²) in [5.41, 5.74) is 0.496. The number of phenols is 1. The Morgan fingerprint density at radius 1 is 1.37 bits per heavy atom. The van der Waals surface area contributed by atoms with Crippen molar-refractivity contribution in [2.45, 2.75) is 32.8 Å². The zero-order chi connectivity index (χ0) is 14.0. The molecule has 0 aliphatic carbocycles. The van der Waals surface area contributed by atoms with Crippen molar-refractivity contribution in [3.05, 3.63) is 29.8 Å². The van der Waals surface area contributed by atoms with Gasteiger partial charge in [-0.2, -0.15) is 0 Å². The second-order valence-electron chi connectivity index (χ2n) is 6.08. The largest absolute Gasteiger partial charge is 0.508 e. The standard InChI is InChI=1S/C15H21NO3/c1-15(2,3)19-14(18)16-9-11(10-16)8-12-6-4-5-7-13(12)17/h4-7,11,17H,8-10H2,1-3H3. The quantitative estimate of drug-likeness (QED) is 0.892. The summed E-state index contributed by atoms with van der Waals surface area (Å²) in [4.78, 5) is 13.5. The van der Waals surface area contributed by atoms with Crippen molar-refractivity contribution in [1.29, 1.82) is 0 Å². The highest BCUT2D eigenvalue weighted by Crippen LogP contribution is 2.26. The van der Waals surface area contributed by atoms with Crippen LogP contribution in [0, 0.1) is 5.92 Å². The smallest absolute Gasteiger partial charge is 0.410 e. The van der Waals surface area contributed by atoms with E-state index in [1.54, 1.807) is 11.0 Å². The molecule has 1 aromatic rings. The van der Waals surface area contributed by atoms with Crippen molar-refractivity contribution in [2.24, 2.45) is 5.92 Å². The maximum absolute atomic E-state index is 11.8. The Bertz CT molecular complexity index is 459. The maximum Gasteiger partial charge on any atom is 0.410 e. The highest BCUT2D eigenvalue weighted by molar-refractivity contribution is 5.69. The summed E-state index contributed by atoms with van der Waals surface area (Å²) in [5.74, 6) is 0.735. The molecule has 1 amide bonds. The van der Waals surface area contributed by atoms with Crippen molar-refractivity contribution in [3.8, 4) is 5.75 Å². The molecular formula is C15H21NO3. The van der Waals surface area contributed by atoms with E-state index >= 15 is 0 Å². The van der Waals surface area contributed by atoms with E-state index in [1.165, 1.54) is 0 Å². The van der Waals surface area contributed by atoms with Crippen LogP contribution in [-0.2, 0) is 11.2 Å². The van der Waals surface area contributed by atoms with Gasteiger partial charge >= 0.3 is 6.09 Å². The number of nitrogens with zero attached hydrogens (tertiary/aromatic N) is 1. The Hall–Kier alpha value is -1.71. The third-order valence-electron chi connectivity index (χ3n) is 3.11. The number of benzene rings is 1. The van der Waals surface area contributed by atoms with Crippen molar-refractivity contribution >= 4 is 6.09 Å². The number of hydrogen-bond acceptors (Lipinski definition) is 3. The van der Waals surface area contributed by atoms with Crippen LogP contribution >= 0.6 is 0 Å². The van der Waals surface area contributed by atoms with Gasteiger partial charge in [0.15, 0.2) is 0 Å². The maximum atomic E-state index is 11.8. The van der Waals surface area contributed by atoms with Gasteiger partial charge in [0.25, 0.3) is 0 Å². The Balaban J connectivity index is 1.81. The Morgan fingerprint density at radius 3 is 2.58 bits per heavy atom. The molecule has 0 bridgehead atoms. The molecule has 0 saturated carbocycles. The fourth-order valence-corrected chi connectivity index (χ4v) is 2.17. The van der Waals surface area contributed by atoms with Gasteiger partial charge < -0.3 is 14.7 Å². The first-order valence-electron chi connectivity index (χ1n) is 6.60. The van der Waals surface area contributed by atoms with Crippen molar-refractivity contribution < 1.29 is 14.6 Å². The van der Waals surface area contributed by atoms with Gasteiger partial charge in [0.2, 0.25) is 0 Å². The van der Waals surface area contributed by atoms with Crippen molar-refractivity contribution in [3.63, 3.8) is 0 Å². The third kappa shape index (κ3) is 3.63. The van der Waals surface area contributed by atoms with Gasteiger partial charge in [0.05, 0.1) is 0 Å². The van der Waals surface area contributed by atoms with Crippen LogP contribution in [0.15, 0.2) is 24.3 Å². The SMILES string of the molecule is CC(C)(C)OC(=O)N1CC(Cc2ccccc2O)C1. The normalized spacial score (nSPS) is 16.1. The fraction of sp³-hybridized carbons (Fsp3) is 0.533. The van der Waals surface area contributed by atoms with Crippen LogP contribution in [0.5, 0.6) is 5.75 Å². The predicted molar refractivity (Wildman–Crippen MR) is 73.1 cm³/mol. The van der Waals surface area contributed by atoms with E-state index in [4.69, 9.17) is 4.74 Å². The van der Waals surface area contributed by atoms with Gasteiger partial charge in [-0.05, 0) is 44.7 Å². The molecule has 1 saturated heterocycles. The number of carbonyl (C=O) groups is 1. The molecule has 0 atom stereocenters. The first-order valence-corrected chi connectivity index (χ1v) is 6.60. The van der Waals surface area contributed by atoms with E-state index in [1.807, 2.05) is 39.0 Å². The van der Waals surface area contributed by atoms with Crippen LogP contribution < -0.4 is 0 Å². The fourth-order valence-electron chi connectivity index (χ4n) is 2.17. The summed E-state index contributed by atoms with van der Waals surface area (Å²) in [7, 11) is 0. The summed E-state index contributed by atoms with van der Waals surface area (Å²) >= 11 is 0. The summed E-state index contributed by atoms with van der Waals surface area (Å²) in [6, 6.07) is 7.34. The Kier molecular flexibility index (Phi) is 3.69. The molecule has 1 aliphatic heterocycles. The topological polar surface area (TPSA) is 49.8 Å². The van der Waals surface area contributed by atoms with Gasteiger partial charge in [-0.1, -0.05) is 18.2 Å². The van der Waals surface area contributed by atoms with E-state index in [2.05, 4.69) is 0 Å². The molecule has 0 unspecified atom stereocenters. The number of likely N-dealkylation sites (tertiary alicyclic amines) is 1. The van der Waals surface area contributed by atoms with Gasteiger partial charge in [-0.15, -0.1) is 0 Å². The molecule has 19 heavy (non-hydrogen) atoms. The summed E-state index contributed by atoms with van der Waals surface area (Å²) in [6.45, 7) is 6.99. The lowest BCUT2D eigenvalue weighted by Crippen LogP contribution is -2.52. The average molecular weight is 263 g/mol. The molecule has 1 fully saturated rings. The highest BCUT2D eigenvalue weighted by atomic mass is 16.6. The minimum absolute atomic E-state index is 0.249. The lowest BCUT2D eigenvalue weighted by atomic mass is 9.92. The summed E-state index contributed by atoms with van der Waals surface area (Å²) in [6.07, 6.45) is 0.549. The molecular weight excluding hydrogens is 242 g/mol. The number of ether oxygens (including phenoxy) is 1. The zero-order valence-electron chi connectivity index (χ0n) is 11.7. The average Bonchev–Trinajstić information content (AvgIpc) is 2.22. The summed E-state index contributed by atoms with van der Waals surface area (Å²) < 4.78 is 5.30. The minimum atomic E-state index is -0.445. The Labute approximate surface area is 114 Å². The van der Waals surface area contributed by atoms with Gasteiger partial charge in [-0.3, -0.25) is 0 Å². The van der Waals surface area contributed by atoms with Crippen LogP contribution in [0.3, 0.4) is 0 Å². The molecule has 0 aromatic heterocycles. The monoisotopic (exact) mass is 263 g/mol. The van der Waals surface area contributed by atoms with Gasteiger partial charge in [0.1, 0.15) is 11.4 Å². The highest BCUT2D eigenvalue weighted by Gasteiger charge is 2.33. The van der Waals surface area contributed by atoms with E-state index in [0.717, 1.165) is 12.0 Å². The number of aromatic hydroxyl groups is 1. The van der Waals surface area contributed by atoms with Crippen LogP contribution in [0.4, 0.5) is 4.79 Å². The van der Waals surface area contributed by atoms with Crippen LogP contribution in [-0.4, -0.2) is 34.8 Å². The van der Waals surface area contributed by atoms with Gasteiger partial charge in [0, 0.05) is 13.1 Å². The van der Waals surface area contributed by atoms with Crippen LogP contribution in [0.1, 0.15) is 26.3 Å². The lowest BCUT2D eigenvalue weighted by Gasteiger charge is -2.40. The first-order chi connectivity index (χ1) is 8.85. The van der Waals surface area contributed by atoms with E-state index in [0.29, 0.717) is 24.8 Å². The molecule has 4 heteroatoms. The number of amides is 1. The lowest BCUT2D eigenvalue weighted by molar-refractivity contribution is -0.000917. The van der Waals surface area contributed by atoms with Crippen molar-refractivity contribution in [2.75, 3.05) is 13.1 Å². The molecule has 104 valence electrons. The van der Waals surface area contributed by atoms with Crippen LogP contribution in [0.25, 0.3) is 0 Å². The second kappa shape index (κ2) is 5.11. The summed E-state index contributed by atoms with van der Waals surface area (Å²) in [5, 5.41) is 9.70. The van der Waals surface area contributed by atoms with Crippen LogP contribution in [0.2, 0.25) is 0 Å². The first kappa shape index (κ1) is 13.7. The number of carbonyl (C=O) groups excluding carboxylic acids is 1. The van der Waals surface area contributed by atoms with Crippen molar-refractivity contribution in [1.82, 2.24) is 4.90 Å². The van der Waals surface area contributed by atoms with E-state index < -0.39 is 5.60 Å². The molecule has 0 radical (unpaired) electrons. The number of para-hydroxylation sites is 1. The Morgan fingerprint density at radius 2 is 2.00 bits per heavy atom.